The minimum atomic E-state index is -0.630. The quantitative estimate of drug-likeness (QED) is 0.471. The number of halogens is 1. The second-order valence-electron chi connectivity index (χ2n) is 7.35. The van der Waals surface area contributed by atoms with E-state index in [1.54, 1.807) is 53.7 Å². The zero-order valence-corrected chi connectivity index (χ0v) is 17.2. The van der Waals surface area contributed by atoms with Gasteiger partial charge >= 0.3 is 12.0 Å². The molecule has 164 valence electrons. The fourth-order valence-electron chi connectivity index (χ4n) is 3.38. The fraction of sp³-hybridized carbons (Fsp3) is 0.208. The first-order chi connectivity index (χ1) is 15.6. The topological polar surface area (TPSA) is 80.8 Å². The second kappa shape index (κ2) is 9.91. The first-order valence-electron chi connectivity index (χ1n) is 10.3. The Hall–Kier alpha value is -3.94. The number of carbonyl (C=O) groups excluding carboxylic acids is 2. The Labute approximate surface area is 184 Å². The summed E-state index contributed by atoms with van der Waals surface area (Å²) in [4.78, 5) is 30.2. The molecule has 32 heavy (non-hydrogen) atoms. The SMILES string of the molecule is O=C(Oc1ccc(OC2CCN(C(=O)Nc3cccnc3)CC2)cc1)c1cccc(F)c1. The predicted molar refractivity (Wildman–Crippen MR) is 116 cm³/mol. The number of hydrogen-bond acceptors (Lipinski definition) is 5. The Morgan fingerprint density at radius 3 is 2.44 bits per heavy atom. The molecular formula is C24H22FN3O4. The van der Waals surface area contributed by atoms with Crippen LogP contribution in [0.15, 0.2) is 73.1 Å². The number of piperidine rings is 1. The van der Waals surface area contributed by atoms with Crippen molar-refractivity contribution < 1.29 is 23.5 Å². The van der Waals surface area contributed by atoms with Crippen molar-refractivity contribution in [2.75, 3.05) is 18.4 Å². The molecule has 2 aromatic carbocycles. The van der Waals surface area contributed by atoms with E-state index in [2.05, 4.69) is 10.3 Å². The number of aromatic nitrogens is 1. The molecule has 1 saturated heterocycles. The smallest absolute Gasteiger partial charge is 0.343 e. The molecule has 2 amide bonds. The third-order valence-corrected chi connectivity index (χ3v) is 5.04. The molecule has 0 saturated carbocycles. The largest absolute Gasteiger partial charge is 0.490 e. The highest BCUT2D eigenvalue weighted by molar-refractivity contribution is 5.91. The Bertz CT molecular complexity index is 1070. The number of nitrogens with one attached hydrogen (secondary N) is 1. The molecule has 0 aliphatic carbocycles. The first-order valence-corrected chi connectivity index (χ1v) is 10.3. The van der Waals surface area contributed by atoms with Gasteiger partial charge in [0.05, 0.1) is 17.4 Å². The van der Waals surface area contributed by atoms with E-state index < -0.39 is 11.8 Å². The Morgan fingerprint density at radius 2 is 1.75 bits per heavy atom. The number of hydrogen-bond donors (Lipinski definition) is 1. The van der Waals surface area contributed by atoms with Crippen LogP contribution in [0.2, 0.25) is 0 Å². The maximum Gasteiger partial charge on any atom is 0.343 e. The molecule has 3 aromatic rings. The van der Waals surface area contributed by atoms with E-state index in [0.717, 1.165) is 6.07 Å². The van der Waals surface area contributed by atoms with Gasteiger partial charge in [0.1, 0.15) is 23.4 Å². The molecule has 4 rings (SSSR count). The third kappa shape index (κ3) is 5.60. The average molecular weight is 435 g/mol. The third-order valence-electron chi connectivity index (χ3n) is 5.04. The minimum Gasteiger partial charge on any atom is -0.490 e. The van der Waals surface area contributed by atoms with Gasteiger partial charge < -0.3 is 19.7 Å². The lowest BCUT2D eigenvalue weighted by Gasteiger charge is -2.32. The molecule has 0 spiro atoms. The van der Waals surface area contributed by atoms with Gasteiger partial charge in [-0.15, -0.1) is 0 Å². The van der Waals surface area contributed by atoms with Crippen molar-refractivity contribution in [1.82, 2.24) is 9.88 Å². The van der Waals surface area contributed by atoms with Crippen molar-refractivity contribution in [2.24, 2.45) is 0 Å². The van der Waals surface area contributed by atoms with Crippen LogP contribution in [0.5, 0.6) is 11.5 Å². The van der Waals surface area contributed by atoms with E-state index in [0.29, 0.717) is 43.1 Å². The summed E-state index contributed by atoms with van der Waals surface area (Å²) < 4.78 is 24.5. The van der Waals surface area contributed by atoms with Crippen LogP contribution >= 0.6 is 0 Å². The highest BCUT2D eigenvalue weighted by atomic mass is 19.1. The van der Waals surface area contributed by atoms with Crippen molar-refractivity contribution in [1.29, 1.82) is 0 Å². The molecule has 0 bridgehead atoms. The molecule has 1 fully saturated rings. The number of likely N-dealkylation sites (tertiary alicyclic amines) is 1. The van der Waals surface area contributed by atoms with Gasteiger partial charge in [0, 0.05) is 32.1 Å². The van der Waals surface area contributed by atoms with Crippen LogP contribution < -0.4 is 14.8 Å². The molecule has 0 atom stereocenters. The van der Waals surface area contributed by atoms with Crippen LogP contribution in [-0.4, -0.2) is 41.1 Å². The minimum absolute atomic E-state index is 0.0156. The summed E-state index contributed by atoms with van der Waals surface area (Å²) in [5, 5.41) is 2.83. The van der Waals surface area contributed by atoms with Crippen molar-refractivity contribution in [2.45, 2.75) is 18.9 Å². The van der Waals surface area contributed by atoms with Gasteiger partial charge in [-0.25, -0.2) is 14.0 Å². The van der Waals surface area contributed by atoms with Crippen LogP contribution in [0.3, 0.4) is 0 Å². The summed E-state index contributed by atoms with van der Waals surface area (Å²) in [6.45, 7) is 1.17. The summed E-state index contributed by atoms with van der Waals surface area (Å²) in [6.07, 6.45) is 4.65. The van der Waals surface area contributed by atoms with Crippen molar-refractivity contribution in [3.8, 4) is 11.5 Å². The maximum atomic E-state index is 13.3. The monoisotopic (exact) mass is 435 g/mol. The number of amides is 2. The number of nitrogens with zero attached hydrogens (tertiary/aromatic N) is 2. The number of urea groups is 1. The molecular weight excluding hydrogens is 413 g/mol. The van der Waals surface area contributed by atoms with Gasteiger partial charge in [0.15, 0.2) is 0 Å². The number of carbonyl (C=O) groups is 2. The Balaban J connectivity index is 1.25. The molecule has 8 heteroatoms. The number of pyridine rings is 1. The maximum absolute atomic E-state index is 13.3. The summed E-state index contributed by atoms with van der Waals surface area (Å²) in [5.74, 6) is -0.138. The lowest BCUT2D eigenvalue weighted by atomic mass is 10.1. The number of rotatable bonds is 5. The molecule has 1 aliphatic rings. The summed E-state index contributed by atoms with van der Waals surface area (Å²) in [7, 11) is 0. The summed E-state index contributed by atoms with van der Waals surface area (Å²) >= 11 is 0. The molecule has 1 aromatic heterocycles. The van der Waals surface area contributed by atoms with Crippen LogP contribution in [0.4, 0.5) is 14.9 Å². The summed E-state index contributed by atoms with van der Waals surface area (Å²) in [6, 6.07) is 15.4. The first kappa shape index (κ1) is 21.3. The lowest BCUT2D eigenvalue weighted by molar-refractivity contribution is 0.0733. The normalized spacial score (nSPS) is 14.0. The van der Waals surface area contributed by atoms with Crippen molar-refractivity contribution in [3.63, 3.8) is 0 Å². The predicted octanol–water partition coefficient (Wildman–Crippen LogP) is 4.52. The van der Waals surface area contributed by atoms with Crippen LogP contribution in [0, 0.1) is 5.82 Å². The van der Waals surface area contributed by atoms with Gasteiger partial charge in [0.25, 0.3) is 0 Å². The molecule has 2 heterocycles. The van der Waals surface area contributed by atoms with Gasteiger partial charge in [-0.3, -0.25) is 4.98 Å². The molecule has 1 N–H and O–H groups in total. The highest BCUT2D eigenvalue weighted by Crippen LogP contribution is 2.23. The number of benzene rings is 2. The highest BCUT2D eigenvalue weighted by Gasteiger charge is 2.24. The number of esters is 1. The van der Waals surface area contributed by atoms with Crippen LogP contribution in [-0.2, 0) is 0 Å². The van der Waals surface area contributed by atoms with Crippen LogP contribution in [0.1, 0.15) is 23.2 Å². The number of anilines is 1. The van der Waals surface area contributed by atoms with E-state index in [1.165, 1.54) is 18.2 Å². The van der Waals surface area contributed by atoms with Crippen molar-refractivity contribution in [3.05, 3.63) is 84.4 Å². The number of ether oxygens (including phenoxy) is 2. The van der Waals surface area contributed by atoms with E-state index in [4.69, 9.17) is 9.47 Å². The van der Waals surface area contributed by atoms with E-state index in [-0.39, 0.29) is 17.7 Å². The standard InChI is InChI=1S/C24H22FN3O4/c25-18-4-1-3-17(15-18)23(29)32-21-8-6-20(7-9-21)31-22-10-13-28(14-11-22)24(30)27-19-5-2-12-26-16-19/h1-9,12,15-16,22H,10-11,13-14H2,(H,27,30). The summed E-state index contributed by atoms with van der Waals surface area (Å²) in [5.41, 5.74) is 0.804. The van der Waals surface area contributed by atoms with E-state index in [9.17, 15) is 14.0 Å². The van der Waals surface area contributed by atoms with Crippen LogP contribution in [0.25, 0.3) is 0 Å². The molecule has 7 nitrogen and oxygen atoms in total. The van der Waals surface area contributed by atoms with E-state index in [1.807, 2.05) is 0 Å². The van der Waals surface area contributed by atoms with Gasteiger partial charge in [0.2, 0.25) is 0 Å². The zero-order valence-electron chi connectivity index (χ0n) is 17.2. The molecule has 1 aliphatic heterocycles. The van der Waals surface area contributed by atoms with Crippen molar-refractivity contribution >= 4 is 17.7 Å². The molecule has 0 unspecified atom stereocenters. The second-order valence-corrected chi connectivity index (χ2v) is 7.35. The Kier molecular flexibility index (Phi) is 6.60. The zero-order chi connectivity index (χ0) is 22.3. The van der Waals surface area contributed by atoms with E-state index >= 15 is 0 Å². The average Bonchev–Trinajstić information content (AvgIpc) is 2.81. The van der Waals surface area contributed by atoms with Gasteiger partial charge in [-0.2, -0.15) is 0 Å². The fourth-order valence-corrected chi connectivity index (χ4v) is 3.38. The van der Waals surface area contributed by atoms with Gasteiger partial charge in [-0.1, -0.05) is 6.07 Å². The lowest BCUT2D eigenvalue weighted by Crippen LogP contribution is -2.43. The Morgan fingerprint density at radius 1 is 1.00 bits per heavy atom. The molecule has 0 radical (unpaired) electrons. The van der Waals surface area contributed by atoms with Gasteiger partial charge in [-0.05, 0) is 54.6 Å².